The summed E-state index contributed by atoms with van der Waals surface area (Å²) in [5, 5.41) is 1.01. The smallest absolute Gasteiger partial charge is 0.147 e. The van der Waals surface area contributed by atoms with Crippen LogP contribution in [0.4, 0.5) is 4.39 Å². The summed E-state index contributed by atoms with van der Waals surface area (Å²) >= 11 is 5.83. The van der Waals surface area contributed by atoms with E-state index in [2.05, 4.69) is 5.43 Å². The van der Waals surface area contributed by atoms with Crippen LogP contribution in [-0.4, -0.2) is 0 Å². The van der Waals surface area contributed by atoms with Gasteiger partial charge in [-0.3, -0.25) is 5.84 Å². The molecule has 3 nitrogen and oxygen atoms in total. The van der Waals surface area contributed by atoms with Crippen LogP contribution in [0.2, 0.25) is 5.02 Å². The molecular formula is C16H14ClFN2O. The number of nitrogens with one attached hydrogen (secondary N) is 1. The van der Waals surface area contributed by atoms with Crippen molar-refractivity contribution in [3.8, 4) is 0 Å². The highest BCUT2D eigenvalue weighted by atomic mass is 35.5. The molecule has 0 aliphatic heterocycles. The van der Waals surface area contributed by atoms with Crippen molar-refractivity contribution < 1.29 is 8.81 Å². The molecule has 108 valence electrons. The number of halogens is 2. The van der Waals surface area contributed by atoms with Crippen LogP contribution < -0.4 is 11.3 Å². The number of hydrazine groups is 1. The SMILES string of the molecule is Cc1cccc2cc(C(NN)c3cccc(Cl)c3F)oc12. The minimum Gasteiger partial charge on any atom is -0.459 e. The standard InChI is InChI=1S/C16H14ClFN2O/c1-9-4-2-5-10-8-13(21-16(9)10)15(20-19)11-6-3-7-12(17)14(11)18/h2-8,15,20H,19H2,1H3. The lowest BCUT2D eigenvalue weighted by Gasteiger charge is -2.15. The lowest BCUT2D eigenvalue weighted by molar-refractivity contribution is 0.462. The van der Waals surface area contributed by atoms with Crippen LogP contribution in [0.15, 0.2) is 46.9 Å². The number of hydrogen-bond acceptors (Lipinski definition) is 3. The van der Waals surface area contributed by atoms with Crippen molar-refractivity contribution in [3.05, 3.63) is 70.2 Å². The van der Waals surface area contributed by atoms with E-state index in [1.54, 1.807) is 12.1 Å². The highest BCUT2D eigenvalue weighted by molar-refractivity contribution is 6.30. The average Bonchev–Trinajstić information content (AvgIpc) is 2.89. The molecule has 0 aliphatic rings. The zero-order valence-electron chi connectivity index (χ0n) is 11.4. The van der Waals surface area contributed by atoms with Crippen LogP contribution in [0.3, 0.4) is 0 Å². The van der Waals surface area contributed by atoms with Crippen LogP contribution in [0.5, 0.6) is 0 Å². The summed E-state index contributed by atoms with van der Waals surface area (Å²) in [6.07, 6.45) is 0. The summed E-state index contributed by atoms with van der Waals surface area (Å²) in [5.41, 5.74) is 4.73. The fourth-order valence-corrected chi connectivity index (χ4v) is 2.62. The van der Waals surface area contributed by atoms with Gasteiger partial charge in [0.25, 0.3) is 0 Å². The zero-order chi connectivity index (χ0) is 15.0. The molecule has 0 saturated carbocycles. The van der Waals surface area contributed by atoms with Gasteiger partial charge in [-0.15, -0.1) is 0 Å². The molecule has 2 aromatic carbocycles. The van der Waals surface area contributed by atoms with E-state index in [1.807, 2.05) is 31.2 Å². The minimum atomic E-state index is -0.601. The van der Waals surface area contributed by atoms with E-state index in [1.165, 1.54) is 6.07 Å². The second-order valence-electron chi connectivity index (χ2n) is 4.88. The monoisotopic (exact) mass is 304 g/mol. The number of nitrogens with two attached hydrogens (primary N) is 1. The highest BCUT2D eigenvalue weighted by Gasteiger charge is 2.22. The van der Waals surface area contributed by atoms with Crippen LogP contribution in [0, 0.1) is 12.7 Å². The summed E-state index contributed by atoms with van der Waals surface area (Å²) in [5.74, 6) is 5.64. The van der Waals surface area contributed by atoms with Crippen molar-refractivity contribution in [2.75, 3.05) is 0 Å². The van der Waals surface area contributed by atoms with Crippen molar-refractivity contribution >= 4 is 22.6 Å². The minimum absolute atomic E-state index is 0.0556. The van der Waals surface area contributed by atoms with E-state index in [0.717, 1.165) is 16.5 Å². The maximum Gasteiger partial charge on any atom is 0.147 e. The fourth-order valence-electron chi connectivity index (χ4n) is 2.44. The maximum absolute atomic E-state index is 14.2. The Kier molecular flexibility index (Phi) is 3.68. The first-order valence-corrected chi connectivity index (χ1v) is 6.88. The van der Waals surface area contributed by atoms with E-state index >= 15 is 0 Å². The van der Waals surface area contributed by atoms with Gasteiger partial charge in [0.15, 0.2) is 0 Å². The molecule has 1 aromatic heterocycles. The topological polar surface area (TPSA) is 51.2 Å². The zero-order valence-corrected chi connectivity index (χ0v) is 12.1. The van der Waals surface area contributed by atoms with Crippen molar-refractivity contribution in [2.45, 2.75) is 13.0 Å². The highest BCUT2D eigenvalue weighted by Crippen LogP contribution is 2.32. The second kappa shape index (κ2) is 5.48. The fraction of sp³-hybridized carbons (Fsp3) is 0.125. The first kappa shape index (κ1) is 14.1. The first-order valence-electron chi connectivity index (χ1n) is 6.51. The molecule has 1 atom stereocenters. The maximum atomic E-state index is 14.2. The normalized spacial score (nSPS) is 12.8. The average molecular weight is 305 g/mol. The molecule has 21 heavy (non-hydrogen) atoms. The Hall–Kier alpha value is -1.88. The van der Waals surface area contributed by atoms with Gasteiger partial charge in [0, 0.05) is 10.9 Å². The van der Waals surface area contributed by atoms with Crippen LogP contribution in [0.1, 0.15) is 22.9 Å². The van der Waals surface area contributed by atoms with Gasteiger partial charge >= 0.3 is 0 Å². The van der Waals surface area contributed by atoms with E-state index < -0.39 is 11.9 Å². The summed E-state index contributed by atoms with van der Waals surface area (Å²) in [6.45, 7) is 1.96. The number of hydrogen-bond donors (Lipinski definition) is 2. The Balaban J connectivity index is 2.14. The summed E-state index contributed by atoms with van der Waals surface area (Å²) < 4.78 is 20.0. The molecule has 0 spiro atoms. The molecule has 3 aromatic rings. The van der Waals surface area contributed by atoms with E-state index in [4.69, 9.17) is 21.9 Å². The van der Waals surface area contributed by atoms with Crippen molar-refractivity contribution in [3.63, 3.8) is 0 Å². The molecule has 0 aliphatic carbocycles. The third kappa shape index (κ3) is 2.42. The van der Waals surface area contributed by atoms with Gasteiger partial charge in [0.1, 0.15) is 23.2 Å². The van der Waals surface area contributed by atoms with Gasteiger partial charge in [-0.1, -0.05) is 41.9 Å². The van der Waals surface area contributed by atoms with Crippen molar-refractivity contribution in [2.24, 2.45) is 5.84 Å². The van der Waals surface area contributed by atoms with Gasteiger partial charge in [-0.2, -0.15) is 0 Å². The molecule has 0 radical (unpaired) electrons. The van der Waals surface area contributed by atoms with Gasteiger partial charge in [-0.25, -0.2) is 9.82 Å². The predicted molar refractivity (Wildman–Crippen MR) is 81.5 cm³/mol. The van der Waals surface area contributed by atoms with Gasteiger partial charge in [0.05, 0.1) is 5.02 Å². The molecule has 0 saturated heterocycles. The molecule has 5 heteroatoms. The Morgan fingerprint density at radius 1 is 1.24 bits per heavy atom. The molecule has 1 heterocycles. The molecule has 0 bridgehead atoms. The van der Waals surface area contributed by atoms with Crippen LogP contribution >= 0.6 is 11.6 Å². The number of rotatable bonds is 3. The van der Waals surface area contributed by atoms with E-state index in [-0.39, 0.29) is 5.02 Å². The molecule has 3 rings (SSSR count). The first-order chi connectivity index (χ1) is 10.1. The molecule has 0 fully saturated rings. The largest absolute Gasteiger partial charge is 0.459 e. The third-order valence-electron chi connectivity index (χ3n) is 3.50. The number of aryl methyl sites for hydroxylation is 1. The number of fused-ring (bicyclic) bond motifs is 1. The lowest BCUT2D eigenvalue weighted by atomic mass is 10.0. The molecule has 3 N–H and O–H groups in total. The number of para-hydroxylation sites is 1. The summed E-state index contributed by atoms with van der Waals surface area (Å²) in [6, 6.07) is 11.9. The Bertz CT molecular complexity index is 800. The molecular weight excluding hydrogens is 291 g/mol. The number of benzene rings is 2. The predicted octanol–water partition coefficient (Wildman–Crippen LogP) is 4.09. The second-order valence-corrected chi connectivity index (χ2v) is 5.29. The van der Waals surface area contributed by atoms with Gasteiger partial charge in [-0.05, 0) is 24.6 Å². The summed E-state index contributed by atoms with van der Waals surface area (Å²) in [7, 11) is 0. The molecule has 1 unspecified atom stereocenters. The van der Waals surface area contributed by atoms with E-state index in [9.17, 15) is 4.39 Å². The van der Waals surface area contributed by atoms with Gasteiger partial charge in [0.2, 0.25) is 0 Å². The van der Waals surface area contributed by atoms with Crippen molar-refractivity contribution in [1.29, 1.82) is 0 Å². The lowest BCUT2D eigenvalue weighted by Crippen LogP contribution is -2.29. The van der Waals surface area contributed by atoms with Crippen LogP contribution in [0.25, 0.3) is 11.0 Å². The van der Waals surface area contributed by atoms with Crippen LogP contribution in [-0.2, 0) is 0 Å². The molecule has 0 amide bonds. The Morgan fingerprint density at radius 2 is 2.00 bits per heavy atom. The van der Waals surface area contributed by atoms with E-state index in [0.29, 0.717) is 11.3 Å². The third-order valence-corrected chi connectivity index (χ3v) is 3.80. The summed E-state index contributed by atoms with van der Waals surface area (Å²) in [4.78, 5) is 0. The Labute approximate surface area is 126 Å². The quantitative estimate of drug-likeness (QED) is 0.566. The number of furan rings is 1. The van der Waals surface area contributed by atoms with Crippen molar-refractivity contribution in [1.82, 2.24) is 5.43 Å². The van der Waals surface area contributed by atoms with Gasteiger partial charge < -0.3 is 4.42 Å². The Morgan fingerprint density at radius 3 is 2.71 bits per heavy atom.